The number of hydrogen-bond acceptors (Lipinski definition) is 5. The quantitative estimate of drug-likeness (QED) is 0.501. The second-order valence-corrected chi connectivity index (χ2v) is 5.39. The number of ketones is 2. The SMILES string of the molecule is O=C(CC(=O)c1ncn[nH]1)c1cc(C(=O)O)n(Cc2ccccc2)c1. The molecule has 8 nitrogen and oxygen atoms in total. The molecule has 0 aliphatic carbocycles. The third kappa shape index (κ3) is 3.69. The van der Waals surface area contributed by atoms with Crippen LogP contribution < -0.4 is 0 Å². The molecule has 0 fully saturated rings. The predicted octanol–water partition coefficient (Wildman–Crippen LogP) is 1.81. The van der Waals surface area contributed by atoms with Crippen LogP contribution in [0, 0.1) is 0 Å². The molecule has 0 unspecified atom stereocenters. The van der Waals surface area contributed by atoms with E-state index >= 15 is 0 Å². The highest BCUT2D eigenvalue weighted by atomic mass is 16.4. The number of aromatic nitrogens is 4. The van der Waals surface area contributed by atoms with Crippen LogP contribution in [0.2, 0.25) is 0 Å². The lowest BCUT2D eigenvalue weighted by Crippen LogP contribution is -2.09. The lowest BCUT2D eigenvalue weighted by Gasteiger charge is -2.05. The highest BCUT2D eigenvalue weighted by Crippen LogP contribution is 2.15. The minimum absolute atomic E-state index is 0.00414. The van der Waals surface area contributed by atoms with E-state index in [4.69, 9.17) is 0 Å². The Morgan fingerprint density at radius 3 is 2.52 bits per heavy atom. The molecular weight excluding hydrogens is 324 g/mol. The molecule has 0 saturated carbocycles. The van der Waals surface area contributed by atoms with Gasteiger partial charge in [0.15, 0.2) is 11.6 Å². The molecule has 3 rings (SSSR count). The number of hydrogen-bond donors (Lipinski definition) is 2. The molecule has 2 aromatic heterocycles. The van der Waals surface area contributed by atoms with Gasteiger partial charge in [-0.1, -0.05) is 30.3 Å². The van der Waals surface area contributed by atoms with Gasteiger partial charge in [-0.15, -0.1) is 0 Å². The van der Waals surface area contributed by atoms with Crippen LogP contribution in [-0.2, 0) is 6.54 Å². The Hall–Kier alpha value is -3.55. The average Bonchev–Trinajstić information content (AvgIpc) is 3.25. The zero-order chi connectivity index (χ0) is 17.8. The van der Waals surface area contributed by atoms with Crippen LogP contribution in [0.4, 0.5) is 0 Å². The van der Waals surface area contributed by atoms with Crippen molar-refractivity contribution in [3.63, 3.8) is 0 Å². The summed E-state index contributed by atoms with van der Waals surface area (Å²) in [5.74, 6) is -2.13. The summed E-state index contributed by atoms with van der Waals surface area (Å²) in [6, 6.07) is 10.6. The van der Waals surface area contributed by atoms with Gasteiger partial charge in [0.2, 0.25) is 5.78 Å². The number of nitrogens with zero attached hydrogens (tertiary/aromatic N) is 3. The Morgan fingerprint density at radius 2 is 1.88 bits per heavy atom. The van der Waals surface area contributed by atoms with Crippen molar-refractivity contribution in [2.75, 3.05) is 0 Å². The molecule has 0 radical (unpaired) electrons. The molecule has 0 amide bonds. The summed E-state index contributed by atoms with van der Waals surface area (Å²) in [5.41, 5.74) is 1.05. The van der Waals surface area contributed by atoms with Crippen LogP contribution in [0.25, 0.3) is 0 Å². The van der Waals surface area contributed by atoms with Crippen molar-refractivity contribution in [3.05, 3.63) is 71.6 Å². The van der Waals surface area contributed by atoms with Gasteiger partial charge in [0, 0.05) is 18.3 Å². The third-order valence-corrected chi connectivity index (χ3v) is 3.63. The number of carboxylic acids is 1. The summed E-state index contributed by atoms with van der Waals surface area (Å²) < 4.78 is 1.48. The number of aromatic carboxylic acids is 1. The van der Waals surface area contributed by atoms with Crippen molar-refractivity contribution < 1.29 is 19.5 Å². The fourth-order valence-electron chi connectivity index (χ4n) is 2.42. The van der Waals surface area contributed by atoms with Crippen LogP contribution in [-0.4, -0.2) is 42.4 Å². The van der Waals surface area contributed by atoms with Crippen molar-refractivity contribution in [2.24, 2.45) is 0 Å². The fourth-order valence-corrected chi connectivity index (χ4v) is 2.42. The first-order valence-corrected chi connectivity index (χ1v) is 7.43. The normalized spacial score (nSPS) is 10.6. The van der Waals surface area contributed by atoms with Crippen molar-refractivity contribution in [3.8, 4) is 0 Å². The van der Waals surface area contributed by atoms with Gasteiger partial charge in [0.1, 0.15) is 12.0 Å². The Bertz CT molecular complexity index is 914. The predicted molar refractivity (Wildman–Crippen MR) is 86.6 cm³/mol. The van der Waals surface area contributed by atoms with Gasteiger partial charge in [-0.3, -0.25) is 14.7 Å². The molecule has 25 heavy (non-hydrogen) atoms. The van der Waals surface area contributed by atoms with Crippen molar-refractivity contribution in [1.29, 1.82) is 0 Å². The zero-order valence-corrected chi connectivity index (χ0v) is 13.0. The maximum Gasteiger partial charge on any atom is 0.352 e. The van der Waals surface area contributed by atoms with E-state index in [2.05, 4.69) is 15.2 Å². The minimum Gasteiger partial charge on any atom is -0.477 e. The second-order valence-electron chi connectivity index (χ2n) is 5.39. The number of carboxylic acid groups (broad SMARTS) is 1. The van der Waals surface area contributed by atoms with Gasteiger partial charge in [-0.25, -0.2) is 9.78 Å². The van der Waals surface area contributed by atoms with Crippen LogP contribution in [0.15, 0.2) is 48.9 Å². The van der Waals surface area contributed by atoms with Crippen LogP contribution in [0.1, 0.15) is 43.4 Å². The summed E-state index contributed by atoms with van der Waals surface area (Å²) in [5, 5.41) is 15.3. The first-order valence-electron chi connectivity index (χ1n) is 7.43. The molecule has 1 aromatic carbocycles. The largest absolute Gasteiger partial charge is 0.477 e. The van der Waals surface area contributed by atoms with Gasteiger partial charge in [-0.2, -0.15) is 5.10 Å². The van der Waals surface area contributed by atoms with Gasteiger partial charge in [-0.05, 0) is 11.6 Å². The molecule has 0 aliphatic rings. The Balaban J connectivity index is 1.82. The van der Waals surface area contributed by atoms with Crippen LogP contribution in [0.5, 0.6) is 0 Å². The molecule has 126 valence electrons. The fraction of sp³-hybridized carbons (Fsp3) is 0.118. The van der Waals surface area contributed by atoms with Gasteiger partial charge in [0.05, 0.1) is 6.42 Å². The second kappa shape index (κ2) is 6.91. The van der Waals surface area contributed by atoms with E-state index in [1.54, 1.807) is 0 Å². The van der Waals surface area contributed by atoms with E-state index in [9.17, 15) is 19.5 Å². The van der Waals surface area contributed by atoms with Gasteiger partial charge >= 0.3 is 5.97 Å². The van der Waals surface area contributed by atoms with Gasteiger partial charge < -0.3 is 9.67 Å². The average molecular weight is 338 g/mol. The van der Waals surface area contributed by atoms with Crippen molar-refractivity contribution in [2.45, 2.75) is 13.0 Å². The lowest BCUT2D eigenvalue weighted by molar-refractivity contribution is 0.0685. The number of nitrogens with one attached hydrogen (secondary N) is 1. The number of carbonyl (C=O) groups excluding carboxylic acids is 2. The molecule has 2 N–H and O–H groups in total. The third-order valence-electron chi connectivity index (χ3n) is 3.63. The van der Waals surface area contributed by atoms with E-state index in [1.165, 1.54) is 23.2 Å². The molecule has 3 aromatic rings. The van der Waals surface area contributed by atoms with Crippen molar-refractivity contribution >= 4 is 17.5 Å². The Labute approximate surface area is 142 Å². The number of aromatic amines is 1. The zero-order valence-electron chi connectivity index (χ0n) is 13.0. The summed E-state index contributed by atoms with van der Waals surface area (Å²) in [4.78, 5) is 39.4. The number of carbonyl (C=O) groups is 3. The van der Waals surface area contributed by atoms with Gasteiger partial charge in [0.25, 0.3) is 0 Å². The maximum atomic E-state index is 12.3. The van der Waals surface area contributed by atoms with Crippen molar-refractivity contribution in [1.82, 2.24) is 19.7 Å². The Kier molecular flexibility index (Phi) is 4.51. The number of rotatable bonds is 7. The van der Waals surface area contributed by atoms with E-state index in [0.29, 0.717) is 6.54 Å². The summed E-state index contributed by atoms with van der Waals surface area (Å²) in [7, 11) is 0. The standard InChI is InChI=1S/C17H14N4O4/c22-14(7-15(23)16-18-10-19-20-16)12-6-13(17(24)25)21(9-12)8-11-4-2-1-3-5-11/h1-6,9-10H,7-8H2,(H,24,25)(H,18,19,20). The number of Topliss-reactive ketones (excluding diaryl/α,β-unsaturated/α-hetero) is 2. The molecule has 0 atom stereocenters. The number of benzene rings is 1. The highest BCUT2D eigenvalue weighted by Gasteiger charge is 2.20. The van der Waals surface area contributed by atoms with Crippen LogP contribution >= 0.6 is 0 Å². The lowest BCUT2D eigenvalue weighted by atomic mass is 10.1. The highest BCUT2D eigenvalue weighted by molar-refractivity contribution is 6.12. The smallest absolute Gasteiger partial charge is 0.352 e. The molecule has 2 heterocycles. The summed E-state index contributed by atoms with van der Waals surface area (Å²) in [6.45, 7) is 0.311. The molecule has 0 bridgehead atoms. The maximum absolute atomic E-state index is 12.3. The minimum atomic E-state index is -1.14. The van der Waals surface area contributed by atoms with E-state index < -0.39 is 24.0 Å². The first-order chi connectivity index (χ1) is 12.0. The van der Waals surface area contributed by atoms with E-state index in [0.717, 1.165) is 5.56 Å². The number of H-pyrrole nitrogens is 1. The first kappa shape index (κ1) is 16.3. The summed E-state index contributed by atoms with van der Waals surface area (Å²) >= 11 is 0. The monoisotopic (exact) mass is 338 g/mol. The van der Waals surface area contributed by atoms with E-state index in [1.807, 2.05) is 30.3 Å². The van der Waals surface area contributed by atoms with E-state index in [-0.39, 0.29) is 17.1 Å². The molecule has 0 saturated heterocycles. The molecule has 0 aliphatic heterocycles. The topological polar surface area (TPSA) is 118 Å². The van der Waals surface area contributed by atoms with Crippen LogP contribution in [0.3, 0.4) is 0 Å². The summed E-state index contributed by atoms with van der Waals surface area (Å²) in [6.07, 6.45) is 2.21. The molecule has 0 spiro atoms. The molecular formula is C17H14N4O4. The molecule has 8 heteroatoms. The Morgan fingerprint density at radius 1 is 1.12 bits per heavy atom.